The van der Waals surface area contributed by atoms with E-state index in [0.29, 0.717) is 6.29 Å². The second-order valence-electron chi connectivity index (χ2n) is 2.14. The molecule has 0 aliphatic heterocycles. The lowest BCUT2D eigenvalue weighted by Gasteiger charge is -2.23. The van der Waals surface area contributed by atoms with Gasteiger partial charge in [-0.3, -0.25) is 0 Å². The number of aldehydes is 1. The minimum absolute atomic E-state index is 0.290. The first-order valence-corrected chi connectivity index (χ1v) is 3.03. The molecule has 4 nitrogen and oxygen atoms in total. The summed E-state index contributed by atoms with van der Waals surface area (Å²) >= 11 is 0. The molecule has 0 aromatic rings. The Bertz CT molecular complexity index is 172. The molecule has 0 aliphatic carbocycles. The fourth-order valence-electron chi connectivity index (χ4n) is 0.533. The maximum absolute atomic E-state index is 9.87. The predicted molar refractivity (Wildman–Crippen MR) is 37.6 cm³/mol. The molecule has 4 heteroatoms. The summed E-state index contributed by atoms with van der Waals surface area (Å²) in [4.78, 5) is 9.87. The number of carbonyl (C=O) groups is 1. The smallest absolute Gasteiger partial charge is 0.174 e. The van der Waals surface area contributed by atoms with Gasteiger partial charge < -0.3 is 20.1 Å². The summed E-state index contributed by atoms with van der Waals surface area (Å²) in [7, 11) is 0. The molecule has 0 aromatic heterocycles. The van der Waals surface area contributed by atoms with E-state index in [4.69, 9.17) is 21.7 Å². The van der Waals surface area contributed by atoms with Crippen LogP contribution in [-0.2, 0) is 4.79 Å². The van der Waals surface area contributed by atoms with Gasteiger partial charge in [0.25, 0.3) is 0 Å². The van der Waals surface area contributed by atoms with Gasteiger partial charge in [0.1, 0.15) is 12.4 Å². The first kappa shape index (κ1) is 10.1. The van der Waals surface area contributed by atoms with Crippen molar-refractivity contribution in [3.05, 3.63) is 0 Å². The van der Waals surface area contributed by atoms with Gasteiger partial charge in [0.2, 0.25) is 0 Å². The second kappa shape index (κ2) is 4.09. The fraction of sp³-hybridized carbons (Fsp3) is 0.571. The Morgan fingerprint density at radius 3 is 2.55 bits per heavy atom. The monoisotopic (exact) mass is 158 g/mol. The average Bonchev–Trinajstić information content (AvgIpc) is 2.03. The molecular weight excluding hydrogens is 148 g/mol. The molecule has 11 heavy (non-hydrogen) atoms. The summed E-state index contributed by atoms with van der Waals surface area (Å²) in [5, 5.41) is 26.6. The van der Waals surface area contributed by atoms with Crippen LogP contribution in [0.15, 0.2) is 0 Å². The molecule has 0 spiro atoms. The third kappa shape index (κ3) is 2.31. The maximum Gasteiger partial charge on any atom is 0.174 e. The molecule has 0 fully saturated rings. The van der Waals surface area contributed by atoms with Crippen LogP contribution in [0.4, 0.5) is 0 Å². The number of aliphatic hydroxyl groups excluding tert-OH is 2. The van der Waals surface area contributed by atoms with E-state index in [1.54, 1.807) is 0 Å². The van der Waals surface area contributed by atoms with E-state index in [-0.39, 0.29) is 6.42 Å². The highest BCUT2D eigenvalue weighted by atomic mass is 16.4. The lowest BCUT2D eigenvalue weighted by Crippen LogP contribution is -2.44. The van der Waals surface area contributed by atoms with Crippen molar-refractivity contribution < 1.29 is 20.1 Å². The largest absolute Gasteiger partial charge is 0.392 e. The van der Waals surface area contributed by atoms with Crippen molar-refractivity contribution in [1.29, 1.82) is 0 Å². The highest BCUT2D eigenvalue weighted by Gasteiger charge is 2.32. The molecule has 3 N–H and O–H groups in total. The van der Waals surface area contributed by atoms with Gasteiger partial charge in [-0.25, -0.2) is 0 Å². The molecule has 0 unspecified atom stereocenters. The summed E-state index contributed by atoms with van der Waals surface area (Å²) < 4.78 is 0. The van der Waals surface area contributed by atoms with Gasteiger partial charge in [-0.2, -0.15) is 0 Å². The summed E-state index contributed by atoms with van der Waals surface area (Å²) in [6, 6.07) is 0. The van der Waals surface area contributed by atoms with Crippen LogP contribution in [0.5, 0.6) is 0 Å². The minimum atomic E-state index is -2.00. The lowest BCUT2D eigenvalue weighted by molar-refractivity contribution is -0.115. The average molecular weight is 158 g/mol. The van der Waals surface area contributed by atoms with Crippen LogP contribution in [0.25, 0.3) is 0 Å². The Morgan fingerprint density at radius 2 is 2.27 bits per heavy atom. The summed E-state index contributed by atoms with van der Waals surface area (Å²) in [5.41, 5.74) is -2.00. The van der Waals surface area contributed by atoms with E-state index >= 15 is 0 Å². The second-order valence-corrected chi connectivity index (χ2v) is 2.14. The van der Waals surface area contributed by atoms with Gasteiger partial charge in [-0.1, -0.05) is 5.92 Å². The van der Waals surface area contributed by atoms with Crippen LogP contribution in [-0.4, -0.2) is 39.9 Å². The van der Waals surface area contributed by atoms with E-state index in [1.165, 1.54) is 0 Å². The van der Waals surface area contributed by atoms with Crippen molar-refractivity contribution in [3.63, 3.8) is 0 Å². The Labute approximate surface area is 64.5 Å². The number of rotatable bonds is 4. The number of terminal acetylenes is 1. The molecule has 62 valence electrons. The summed E-state index contributed by atoms with van der Waals surface area (Å²) in [5.74, 6) is 1.81. The zero-order valence-corrected chi connectivity index (χ0v) is 5.90. The number of carbonyl (C=O) groups excluding carboxylic acids is 1. The van der Waals surface area contributed by atoms with Crippen LogP contribution in [0, 0.1) is 12.3 Å². The molecular formula is C7H10O4. The van der Waals surface area contributed by atoms with Gasteiger partial charge in [0, 0.05) is 6.42 Å². The molecule has 0 bridgehead atoms. The third-order valence-corrected chi connectivity index (χ3v) is 1.36. The van der Waals surface area contributed by atoms with Crippen LogP contribution < -0.4 is 0 Å². The van der Waals surface area contributed by atoms with E-state index in [9.17, 15) is 4.79 Å². The van der Waals surface area contributed by atoms with Crippen LogP contribution in [0.3, 0.4) is 0 Å². The summed E-state index contributed by atoms with van der Waals surface area (Å²) in [6.45, 7) is -0.765. The molecule has 0 saturated heterocycles. The fourth-order valence-corrected chi connectivity index (χ4v) is 0.533. The normalized spacial score (nSPS) is 18.0. The quantitative estimate of drug-likeness (QED) is 0.336. The zero-order chi connectivity index (χ0) is 8.91. The third-order valence-electron chi connectivity index (χ3n) is 1.36. The molecule has 0 radical (unpaired) electrons. The number of hydrogen-bond acceptors (Lipinski definition) is 4. The SMILES string of the molecule is C#C[C@@](O)(CO)[C@H](O)CC=O. The molecule has 0 heterocycles. The van der Waals surface area contributed by atoms with Crippen molar-refractivity contribution in [2.75, 3.05) is 6.61 Å². The highest BCUT2D eigenvalue weighted by molar-refractivity contribution is 5.51. The Kier molecular flexibility index (Phi) is 3.76. The molecule has 2 atom stereocenters. The van der Waals surface area contributed by atoms with Crippen LogP contribution in [0.2, 0.25) is 0 Å². The number of hydrogen-bond donors (Lipinski definition) is 3. The van der Waals surface area contributed by atoms with Crippen molar-refractivity contribution in [2.45, 2.75) is 18.1 Å². The minimum Gasteiger partial charge on any atom is -0.392 e. The maximum atomic E-state index is 9.87. The van der Waals surface area contributed by atoms with Crippen molar-refractivity contribution >= 4 is 6.29 Å². The molecule has 0 saturated carbocycles. The topological polar surface area (TPSA) is 77.8 Å². The van der Waals surface area contributed by atoms with Crippen molar-refractivity contribution in [3.8, 4) is 12.3 Å². The Hall–Kier alpha value is -0.890. The van der Waals surface area contributed by atoms with Crippen molar-refractivity contribution in [1.82, 2.24) is 0 Å². The molecule has 0 amide bonds. The van der Waals surface area contributed by atoms with Crippen LogP contribution >= 0.6 is 0 Å². The van der Waals surface area contributed by atoms with Gasteiger partial charge in [0.05, 0.1) is 6.61 Å². The molecule has 0 aliphatic rings. The van der Waals surface area contributed by atoms with Crippen LogP contribution in [0.1, 0.15) is 6.42 Å². The van der Waals surface area contributed by atoms with E-state index in [1.807, 2.05) is 5.92 Å². The Balaban J connectivity index is 4.26. The van der Waals surface area contributed by atoms with E-state index in [0.717, 1.165) is 0 Å². The standard InChI is InChI=1S/C7H10O4/c1-2-7(11,5-9)6(10)3-4-8/h1,4,6,9-11H,3,5H2/t6-,7-/m1/s1. The van der Waals surface area contributed by atoms with Gasteiger partial charge in [0.15, 0.2) is 5.60 Å². The molecule has 0 rings (SSSR count). The van der Waals surface area contributed by atoms with Gasteiger partial charge >= 0.3 is 0 Å². The first-order valence-electron chi connectivity index (χ1n) is 3.03. The Morgan fingerprint density at radius 1 is 1.73 bits per heavy atom. The predicted octanol–water partition coefficient (Wildman–Crippen LogP) is -1.71. The first-order chi connectivity index (χ1) is 5.10. The van der Waals surface area contributed by atoms with E-state index < -0.39 is 18.3 Å². The number of aliphatic hydroxyl groups is 3. The highest BCUT2D eigenvalue weighted by Crippen LogP contribution is 2.10. The van der Waals surface area contributed by atoms with E-state index in [2.05, 4.69) is 0 Å². The molecule has 0 aromatic carbocycles. The van der Waals surface area contributed by atoms with Gasteiger partial charge in [-0.15, -0.1) is 6.42 Å². The summed E-state index contributed by atoms with van der Waals surface area (Å²) in [6.07, 6.45) is 3.53. The zero-order valence-electron chi connectivity index (χ0n) is 5.90. The van der Waals surface area contributed by atoms with Crippen molar-refractivity contribution in [2.24, 2.45) is 0 Å². The lowest BCUT2D eigenvalue weighted by atomic mass is 9.97. The van der Waals surface area contributed by atoms with Gasteiger partial charge in [-0.05, 0) is 0 Å².